The maximum Gasteiger partial charge on any atom is 0.328 e. The van der Waals surface area contributed by atoms with Crippen molar-refractivity contribution in [3.05, 3.63) is 35.4 Å². The van der Waals surface area contributed by atoms with Crippen LogP contribution in [0.4, 0.5) is 0 Å². The van der Waals surface area contributed by atoms with E-state index >= 15 is 0 Å². The highest BCUT2D eigenvalue weighted by Gasteiger charge is 2.19. The summed E-state index contributed by atoms with van der Waals surface area (Å²) in [6.45, 7) is 7.61. The lowest BCUT2D eigenvalue weighted by Crippen LogP contribution is -2.12. The number of nitrogens with zero attached hydrogens (tertiary/aromatic N) is 1. The Morgan fingerprint density at radius 2 is 1.88 bits per heavy atom. The maximum absolute atomic E-state index is 11.6. The molecule has 1 rings (SSSR count). The van der Waals surface area contributed by atoms with E-state index < -0.39 is 16.2 Å². The molecule has 0 spiro atoms. The molecule has 0 aliphatic rings. The molecule has 0 amide bonds. The third-order valence-corrected chi connectivity index (χ3v) is 5.06. The highest BCUT2D eigenvalue weighted by Crippen LogP contribution is 2.27. The number of hydrogen-bond acceptors (Lipinski definition) is 6. The van der Waals surface area contributed by atoms with Crippen molar-refractivity contribution in [3.63, 3.8) is 0 Å². The van der Waals surface area contributed by atoms with Crippen LogP contribution in [-0.2, 0) is 19.3 Å². The third-order valence-electron chi connectivity index (χ3n) is 3.97. The number of rotatable bonds is 10. The van der Waals surface area contributed by atoms with Crippen molar-refractivity contribution < 1.29 is 22.8 Å². The molecule has 24 heavy (non-hydrogen) atoms. The number of unbranched alkanes of at least 4 members (excludes halogenated alkanes) is 1. The maximum atomic E-state index is 11.6. The highest BCUT2D eigenvalue weighted by atomic mass is 32.2. The summed E-state index contributed by atoms with van der Waals surface area (Å²) in [7, 11) is -3.63. The van der Waals surface area contributed by atoms with E-state index in [0.29, 0.717) is 12.1 Å². The van der Waals surface area contributed by atoms with E-state index in [1.807, 2.05) is 32.9 Å². The Morgan fingerprint density at radius 1 is 1.25 bits per heavy atom. The fourth-order valence-electron chi connectivity index (χ4n) is 2.15. The van der Waals surface area contributed by atoms with Gasteiger partial charge in [-0.2, -0.15) is 8.42 Å². The van der Waals surface area contributed by atoms with Crippen LogP contribution < -0.4 is 0 Å². The molecule has 2 atom stereocenters. The van der Waals surface area contributed by atoms with Crippen LogP contribution in [0.2, 0.25) is 0 Å². The van der Waals surface area contributed by atoms with Crippen molar-refractivity contribution in [3.8, 4) is 0 Å². The number of benzene rings is 1. The summed E-state index contributed by atoms with van der Waals surface area (Å²) in [5.41, 5.74) is 2.05. The smallest absolute Gasteiger partial charge is 0.268 e. The molecule has 0 bridgehead atoms. The van der Waals surface area contributed by atoms with Gasteiger partial charge in [-0.3, -0.25) is 9.54 Å². The van der Waals surface area contributed by atoms with E-state index in [9.17, 15) is 8.42 Å². The number of oxime groups is 1. The fraction of sp³-hybridized carbons (Fsp3) is 0.588. The van der Waals surface area contributed by atoms with Crippen molar-refractivity contribution in [2.75, 3.05) is 5.75 Å². The Labute approximate surface area is 144 Å². The molecule has 0 heterocycles. The zero-order valence-electron chi connectivity index (χ0n) is 14.7. The normalized spacial score (nSPS) is 15.1. The Bertz CT molecular complexity index is 625. The van der Waals surface area contributed by atoms with Gasteiger partial charge < -0.3 is 0 Å². The SMILES string of the molecule is CCCCS(=O)(=O)ON=C(C)c1ccc(C(OO)C(C)CC)cc1. The van der Waals surface area contributed by atoms with Crippen molar-refractivity contribution in [1.29, 1.82) is 0 Å². The van der Waals surface area contributed by atoms with E-state index in [0.717, 1.165) is 24.0 Å². The second kappa shape index (κ2) is 9.76. The van der Waals surface area contributed by atoms with Gasteiger partial charge in [0.2, 0.25) is 0 Å². The van der Waals surface area contributed by atoms with Gasteiger partial charge >= 0.3 is 10.1 Å². The molecule has 0 saturated carbocycles. The highest BCUT2D eigenvalue weighted by molar-refractivity contribution is 7.86. The molecular weight excluding hydrogens is 330 g/mol. The monoisotopic (exact) mass is 357 g/mol. The van der Waals surface area contributed by atoms with Crippen LogP contribution in [0.1, 0.15) is 64.2 Å². The van der Waals surface area contributed by atoms with Crippen LogP contribution in [0, 0.1) is 5.92 Å². The van der Waals surface area contributed by atoms with Crippen LogP contribution >= 0.6 is 0 Å². The lowest BCUT2D eigenvalue weighted by molar-refractivity contribution is -0.293. The van der Waals surface area contributed by atoms with Crippen molar-refractivity contribution in [2.24, 2.45) is 11.1 Å². The standard InChI is InChI=1S/C17H27NO5S/c1-5-7-12-24(20,21)23-18-14(4)15-8-10-16(11-9-15)17(22-19)13(3)6-2/h8-11,13,17,19H,5-7,12H2,1-4H3. The summed E-state index contributed by atoms with van der Waals surface area (Å²) in [5.74, 6) is 0.131. The summed E-state index contributed by atoms with van der Waals surface area (Å²) < 4.78 is 28.0. The Balaban J connectivity index is 2.82. The molecule has 2 unspecified atom stereocenters. The average Bonchev–Trinajstić information content (AvgIpc) is 2.59. The van der Waals surface area contributed by atoms with Gasteiger partial charge in [0.15, 0.2) is 0 Å². The van der Waals surface area contributed by atoms with Crippen LogP contribution in [0.5, 0.6) is 0 Å². The molecule has 0 aromatic heterocycles. The zero-order valence-corrected chi connectivity index (χ0v) is 15.5. The Morgan fingerprint density at radius 3 is 2.38 bits per heavy atom. The predicted octanol–water partition coefficient (Wildman–Crippen LogP) is 4.13. The molecule has 1 aromatic rings. The van der Waals surface area contributed by atoms with E-state index in [1.54, 1.807) is 19.1 Å². The van der Waals surface area contributed by atoms with E-state index in [4.69, 9.17) is 9.54 Å². The molecule has 0 radical (unpaired) electrons. The van der Waals surface area contributed by atoms with Gasteiger partial charge in [-0.15, -0.1) is 0 Å². The van der Waals surface area contributed by atoms with Gasteiger partial charge in [-0.25, -0.2) is 4.89 Å². The molecule has 0 fully saturated rings. The quantitative estimate of drug-likeness (QED) is 0.386. The molecule has 6 nitrogen and oxygen atoms in total. The Kier molecular flexibility index (Phi) is 8.38. The lowest BCUT2D eigenvalue weighted by Gasteiger charge is -2.20. The van der Waals surface area contributed by atoms with Crippen LogP contribution in [0.25, 0.3) is 0 Å². The first-order valence-corrected chi connectivity index (χ1v) is 9.78. The second-order valence-electron chi connectivity index (χ2n) is 5.90. The summed E-state index contributed by atoms with van der Waals surface area (Å²) >= 11 is 0. The lowest BCUT2D eigenvalue weighted by atomic mass is 9.94. The predicted molar refractivity (Wildman–Crippen MR) is 94.3 cm³/mol. The molecule has 0 saturated heterocycles. The number of hydrogen-bond donors (Lipinski definition) is 1. The van der Waals surface area contributed by atoms with Gasteiger partial charge in [0, 0.05) is 0 Å². The van der Waals surface area contributed by atoms with Gasteiger partial charge in [-0.05, 0) is 30.4 Å². The van der Waals surface area contributed by atoms with E-state index in [1.165, 1.54) is 0 Å². The van der Waals surface area contributed by atoms with E-state index in [-0.39, 0.29) is 11.7 Å². The van der Waals surface area contributed by atoms with Gasteiger partial charge in [0.05, 0.1) is 11.5 Å². The van der Waals surface area contributed by atoms with Crippen LogP contribution in [0.3, 0.4) is 0 Å². The molecule has 1 aromatic carbocycles. The Hall–Kier alpha value is -1.44. The molecule has 7 heteroatoms. The molecule has 1 N–H and O–H groups in total. The van der Waals surface area contributed by atoms with Crippen LogP contribution in [-0.4, -0.2) is 25.1 Å². The van der Waals surface area contributed by atoms with Gasteiger partial charge in [0.25, 0.3) is 0 Å². The van der Waals surface area contributed by atoms with E-state index in [2.05, 4.69) is 10.0 Å². The van der Waals surface area contributed by atoms with Crippen molar-refractivity contribution in [2.45, 2.75) is 53.1 Å². The molecule has 0 aliphatic carbocycles. The first-order chi connectivity index (χ1) is 11.3. The fourth-order valence-corrected chi connectivity index (χ4v) is 3.09. The summed E-state index contributed by atoms with van der Waals surface area (Å²) in [5, 5.41) is 12.8. The minimum Gasteiger partial charge on any atom is -0.268 e. The summed E-state index contributed by atoms with van der Waals surface area (Å²) in [6, 6.07) is 7.25. The van der Waals surface area contributed by atoms with Crippen molar-refractivity contribution in [1.82, 2.24) is 0 Å². The zero-order chi connectivity index (χ0) is 18.2. The van der Waals surface area contributed by atoms with Gasteiger partial charge in [-0.1, -0.05) is 63.0 Å². The van der Waals surface area contributed by atoms with Crippen LogP contribution in [0.15, 0.2) is 29.4 Å². The summed E-state index contributed by atoms with van der Waals surface area (Å²) in [6.07, 6.45) is 1.80. The molecule has 0 aliphatic heterocycles. The van der Waals surface area contributed by atoms with Crippen molar-refractivity contribution >= 4 is 15.8 Å². The minimum absolute atomic E-state index is 0.0381. The molecular formula is C17H27NO5S. The van der Waals surface area contributed by atoms with Gasteiger partial charge in [0.1, 0.15) is 6.10 Å². The topological polar surface area (TPSA) is 85.2 Å². The summed E-state index contributed by atoms with van der Waals surface area (Å²) in [4.78, 5) is 4.58. The first-order valence-electron chi connectivity index (χ1n) is 8.21. The largest absolute Gasteiger partial charge is 0.328 e. The third kappa shape index (κ3) is 6.22. The first kappa shape index (κ1) is 20.6. The average molecular weight is 357 g/mol. The second-order valence-corrected chi connectivity index (χ2v) is 7.57. The molecule has 136 valence electrons. The minimum atomic E-state index is -3.63.